The summed E-state index contributed by atoms with van der Waals surface area (Å²) < 4.78 is 5.45. The van der Waals surface area contributed by atoms with Gasteiger partial charge >= 0.3 is 0 Å². The molecule has 0 unspecified atom stereocenters. The zero-order chi connectivity index (χ0) is 20.6. The largest absolute Gasteiger partial charge is 0.495 e. The van der Waals surface area contributed by atoms with Crippen molar-refractivity contribution in [2.45, 2.75) is 19.9 Å². The summed E-state index contributed by atoms with van der Waals surface area (Å²) >= 11 is 0. The predicted molar refractivity (Wildman–Crippen MR) is 112 cm³/mol. The Kier molecular flexibility index (Phi) is 7.05. The molecular weight excluding hydrogens is 368 g/mol. The van der Waals surface area contributed by atoms with Crippen LogP contribution in [0.5, 0.6) is 5.75 Å². The number of hydrogen-bond donors (Lipinski definition) is 0. The minimum Gasteiger partial charge on any atom is -0.495 e. The average molecular weight is 396 g/mol. The molecule has 2 heterocycles. The van der Waals surface area contributed by atoms with Crippen LogP contribution in [-0.2, 0) is 16.1 Å². The van der Waals surface area contributed by atoms with Gasteiger partial charge in [-0.05, 0) is 29.8 Å². The minimum atomic E-state index is -0.0318. The molecule has 1 aromatic carbocycles. The van der Waals surface area contributed by atoms with Gasteiger partial charge in [0.05, 0.1) is 12.8 Å². The fourth-order valence-corrected chi connectivity index (χ4v) is 3.53. The van der Waals surface area contributed by atoms with E-state index in [4.69, 9.17) is 4.74 Å². The summed E-state index contributed by atoms with van der Waals surface area (Å²) in [6.45, 7) is 5.31. The van der Waals surface area contributed by atoms with Crippen LogP contribution in [0.1, 0.15) is 18.9 Å². The summed E-state index contributed by atoms with van der Waals surface area (Å²) in [5, 5.41) is 0. The number of hydrogen-bond acceptors (Lipinski definition) is 5. The maximum atomic E-state index is 12.7. The third-order valence-corrected chi connectivity index (χ3v) is 5.22. The van der Waals surface area contributed by atoms with Crippen LogP contribution >= 0.6 is 0 Å². The molecule has 1 saturated heterocycles. The lowest BCUT2D eigenvalue weighted by Crippen LogP contribution is -2.49. The molecule has 1 aromatic heterocycles. The van der Waals surface area contributed by atoms with Gasteiger partial charge in [-0.25, -0.2) is 0 Å². The van der Waals surface area contributed by atoms with Crippen LogP contribution in [0, 0.1) is 0 Å². The Morgan fingerprint density at radius 3 is 2.41 bits per heavy atom. The fourth-order valence-electron chi connectivity index (χ4n) is 3.53. The Morgan fingerprint density at radius 1 is 1.07 bits per heavy atom. The number of carbonyl (C=O) groups is 2. The highest BCUT2D eigenvalue weighted by Crippen LogP contribution is 2.28. The molecule has 1 aliphatic heterocycles. The first-order chi connectivity index (χ1) is 14.1. The molecule has 0 aliphatic carbocycles. The quantitative estimate of drug-likeness (QED) is 0.718. The van der Waals surface area contributed by atoms with Crippen LogP contribution in [0.4, 0.5) is 5.69 Å². The Balaban J connectivity index is 1.50. The second-order valence-corrected chi connectivity index (χ2v) is 7.09. The van der Waals surface area contributed by atoms with Crippen molar-refractivity contribution in [1.29, 1.82) is 0 Å². The zero-order valence-corrected chi connectivity index (χ0v) is 17.1. The predicted octanol–water partition coefficient (Wildman–Crippen LogP) is 2.18. The van der Waals surface area contributed by atoms with Gasteiger partial charge in [0, 0.05) is 65.0 Å². The first-order valence-electron chi connectivity index (χ1n) is 9.88. The summed E-state index contributed by atoms with van der Waals surface area (Å²) in [7, 11) is 1.67. The maximum absolute atomic E-state index is 12.7. The molecule has 7 heteroatoms. The number of pyridine rings is 1. The first kappa shape index (κ1) is 20.6. The second-order valence-electron chi connectivity index (χ2n) is 7.09. The molecule has 154 valence electrons. The average Bonchev–Trinajstić information content (AvgIpc) is 2.77. The highest BCUT2D eigenvalue weighted by molar-refractivity contribution is 5.78. The van der Waals surface area contributed by atoms with Crippen molar-refractivity contribution in [1.82, 2.24) is 14.8 Å². The summed E-state index contributed by atoms with van der Waals surface area (Å²) in [4.78, 5) is 34.5. The minimum absolute atomic E-state index is 0.0318. The number of para-hydroxylation sites is 2. The van der Waals surface area contributed by atoms with Crippen LogP contribution in [0.15, 0.2) is 48.8 Å². The van der Waals surface area contributed by atoms with Gasteiger partial charge in [0.2, 0.25) is 11.8 Å². The highest BCUT2D eigenvalue weighted by Gasteiger charge is 2.23. The third kappa shape index (κ3) is 5.47. The van der Waals surface area contributed by atoms with E-state index >= 15 is 0 Å². The number of rotatable bonds is 7. The van der Waals surface area contributed by atoms with Gasteiger partial charge in [0.15, 0.2) is 0 Å². The van der Waals surface area contributed by atoms with Gasteiger partial charge in [-0.2, -0.15) is 0 Å². The van der Waals surface area contributed by atoms with E-state index in [0.29, 0.717) is 32.6 Å². The van der Waals surface area contributed by atoms with Crippen LogP contribution in [0.2, 0.25) is 0 Å². The van der Waals surface area contributed by atoms with Gasteiger partial charge in [-0.3, -0.25) is 14.6 Å². The summed E-state index contributed by atoms with van der Waals surface area (Å²) in [6.07, 6.45) is 3.75. The van der Waals surface area contributed by atoms with E-state index in [1.54, 1.807) is 24.4 Å². The summed E-state index contributed by atoms with van der Waals surface area (Å²) in [5.74, 6) is 0.904. The lowest BCUT2D eigenvalue weighted by molar-refractivity contribution is -0.134. The van der Waals surface area contributed by atoms with Gasteiger partial charge in [-0.1, -0.05) is 12.1 Å². The van der Waals surface area contributed by atoms with Crippen LogP contribution in [0.25, 0.3) is 0 Å². The number of amides is 2. The number of piperazine rings is 1. The van der Waals surface area contributed by atoms with Crippen LogP contribution in [-0.4, -0.2) is 66.4 Å². The van der Waals surface area contributed by atoms with Crippen molar-refractivity contribution in [2.75, 3.05) is 44.7 Å². The van der Waals surface area contributed by atoms with Gasteiger partial charge in [0.1, 0.15) is 5.75 Å². The fraction of sp³-hybridized carbons (Fsp3) is 0.409. The van der Waals surface area contributed by atoms with E-state index in [1.165, 1.54) is 6.92 Å². The Bertz CT molecular complexity index is 820. The number of nitrogens with zero attached hydrogens (tertiary/aromatic N) is 4. The summed E-state index contributed by atoms with van der Waals surface area (Å²) in [5.41, 5.74) is 2.07. The van der Waals surface area contributed by atoms with E-state index < -0.39 is 0 Å². The molecule has 0 saturated carbocycles. The number of benzene rings is 1. The topological polar surface area (TPSA) is 66.0 Å². The van der Waals surface area contributed by atoms with Gasteiger partial charge < -0.3 is 19.4 Å². The van der Waals surface area contributed by atoms with Gasteiger partial charge in [0.25, 0.3) is 0 Å². The first-order valence-corrected chi connectivity index (χ1v) is 9.88. The molecule has 7 nitrogen and oxygen atoms in total. The molecule has 0 spiro atoms. The molecule has 0 radical (unpaired) electrons. The SMILES string of the molecule is COc1ccccc1N1CCN(C(=O)CCN(Cc2ccncc2)C(C)=O)CC1. The second kappa shape index (κ2) is 9.91. The lowest BCUT2D eigenvalue weighted by atomic mass is 10.2. The van der Waals surface area contributed by atoms with Crippen molar-refractivity contribution in [3.63, 3.8) is 0 Å². The van der Waals surface area contributed by atoms with Crippen molar-refractivity contribution < 1.29 is 14.3 Å². The molecule has 0 N–H and O–H groups in total. The number of anilines is 1. The molecule has 3 rings (SSSR count). The zero-order valence-electron chi connectivity index (χ0n) is 17.1. The van der Waals surface area contributed by atoms with E-state index in [-0.39, 0.29) is 11.8 Å². The van der Waals surface area contributed by atoms with E-state index in [2.05, 4.69) is 9.88 Å². The highest BCUT2D eigenvalue weighted by atomic mass is 16.5. The summed E-state index contributed by atoms with van der Waals surface area (Å²) in [6, 6.07) is 11.7. The van der Waals surface area contributed by atoms with Crippen molar-refractivity contribution in [3.8, 4) is 5.75 Å². The van der Waals surface area contributed by atoms with Crippen molar-refractivity contribution >= 4 is 17.5 Å². The smallest absolute Gasteiger partial charge is 0.224 e. The molecule has 2 amide bonds. The molecule has 29 heavy (non-hydrogen) atoms. The molecule has 1 fully saturated rings. The number of ether oxygens (including phenoxy) is 1. The molecule has 2 aromatic rings. The molecule has 0 bridgehead atoms. The Morgan fingerprint density at radius 2 is 1.76 bits per heavy atom. The Labute approximate surface area is 171 Å². The van der Waals surface area contributed by atoms with E-state index in [0.717, 1.165) is 30.1 Å². The van der Waals surface area contributed by atoms with E-state index in [9.17, 15) is 9.59 Å². The number of aromatic nitrogens is 1. The van der Waals surface area contributed by atoms with Crippen LogP contribution in [0.3, 0.4) is 0 Å². The number of methoxy groups -OCH3 is 1. The molecule has 0 atom stereocenters. The van der Waals surface area contributed by atoms with Gasteiger partial charge in [-0.15, -0.1) is 0 Å². The molecule has 1 aliphatic rings. The van der Waals surface area contributed by atoms with Crippen molar-refractivity contribution in [3.05, 3.63) is 54.4 Å². The van der Waals surface area contributed by atoms with E-state index in [1.807, 2.05) is 41.3 Å². The lowest BCUT2D eigenvalue weighted by Gasteiger charge is -2.37. The standard InChI is InChI=1S/C22H28N4O3/c1-18(27)26(17-19-7-10-23-11-8-19)12-9-22(28)25-15-13-24(14-16-25)20-5-3-4-6-21(20)29-2/h3-8,10-11H,9,12-17H2,1-2H3. The number of carbonyl (C=O) groups excluding carboxylic acids is 2. The Hall–Kier alpha value is -3.09. The third-order valence-electron chi connectivity index (χ3n) is 5.22. The monoisotopic (exact) mass is 396 g/mol. The molecular formula is C22H28N4O3. The van der Waals surface area contributed by atoms with Crippen LogP contribution < -0.4 is 9.64 Å². The normalized spacial score (nSPS) is 13.9. The maximum Gasteiger partial charge on any atom is 0.224 e. The van der Waals surface area contributed by atoms with Crippen molar-refractivity contribution in [2.24, 2.45) is 0 Å².